The molecular weight excluding hydrogens is 463 g/mol. The Kier molecular flexibility index (Phi) is 7.76. The van der Waals surface area contributed by atoms with Crippen molar-refractivity contribution in [1.29, 1.82) is 0 Å². The Balaban J connectivity index is 2.12. The minimum atomic E-state index is -2.56. The van der Waals surface area contributed by atoms with Gasteiger partial charge < -0.3 is 14.2 Å². The number of carbonyl (C=O) groups excluding carboxylic acids is 2. The highest BCUT2D eigenvalue weighted by molar-refractivity contribution is 7.67. The van der Waals surface area contributed by atoms with Gasteiger partial charge in [-0.3, -0.25) is 4.79 Å². The fourth-order valence-corrected chi connectivity index (χ4v) is 6.94. The number of rotatable bonds is 8. The van der Waals surface area contributed by atoms with Crippen molar-refractivity contribution in [2.24, 2.45) is 0 Å². The Hall–Kier alpha value is -2.72. The first-order valence-corrected chi connectivity index (χ1v) is 13.2. The molecule has 3 rings (SSSR count). The number of benzene rings is 2. The van der Waals surface area contributed by atoms with E-state index < -0.39 is 18.5 Å². The van der Waals surface area contributed by atoms with Crippen molar-refractivity contribution in [3.05, 3.63) is 52.1 Å². The normalized spacial score (nSPS) is 15.5. The monoisotopic (exact) mass is 499 g/mol. The van der Waals surface area contributed by atoms with E-state index in [4.69, 9.17) is 14.2 Å². The molecule has 0 amide bonds. The van der Waals surface area contributed by atoms with Gasteiger partial charge in [0.1, 0.15) is 22.8 Å². The molecule has 188 valence electrons. The van der Waals surface area contributed by atoms with Crippen LogP contribution in [0.1, 0.15) is 83.9 Å². The van der Waals surface area contributed by atoms with Crippen LogP contribution in [0.2, 0.25) is 0 Å². The number of Topliss-reactive ketones (excluding diaryl/α,β-unsaturated/α-hetero) is 1. The van der Waals surface area contributed by atoms with Gasteiger partial charge in [-0.15, -0.1) is 0 Å². The topological polar surface area (TPSA) is 78.9 Å². The van der Waals surface area contributed by atoms with Gasteiger partial charge >= 0.3 is 13.3 Å². The molecule has 0 bridgehead atoms. The van der Waals surface area contributed by atoms with Gasteiger partial charge in [0.25, 0.3) is 0 Å². The number of hydrogen-bond acceptors (Lipinski definition) is 6. The van der Waals surface area contributed by atoms with Crippen LogP contribution in [0.4, 0.5) is 0 Å². The molecule has 0 aliphatic heterocycles. The predicted octanol–water partition coefficient (Wildman–Crippen LogP) is 6.79. The van der Waals surface area contributed by atoms with Gasteiger partial charge in [-0.1, -0.05) is 37.5 Å². The highest BCUT2D eigenvalue weighted by atomic mass is 31.1. The minimum Gasteiger partial charge on any atom is -0.496 e. The Morgan fingerprint density at radius 2 is 1.31 bits per heavy atom. The lowest BCUT2D eigenvalue weighted by atomic mass is 9.84. The van der Waals surface area contributed by atoms with Crippen molar-refractivity contribution < 1.29 is 28.4 Å². The van der Waals surface area contributed by atoms with E-state index in [-0.39, 0.29) is 28.3 Å². The number of ketones is 1. The maximum Gasteiger partial charge on any atom is 0.434 e. The Morgan fingerprint density at radius 1 is 0.829 bits per heavy atom. The summed E-state index contributed by atoms with van der Waals surface area (Å²) in [5.41, 5.74) is 2.78. The van der Waals surface area contributed by atoms with Crippen molar-refractivity contribution in [3.8, 4) is 17.2 Å². The zero-order valence-corrected chi connectivity index (χ0v) is 22.9. The predicted molar refractivity (Wildman–Crippen MR) is 138 cm³/mol. The standard InChI is InChI=1S/C28H36O6P/c1-17-13-19(27(3,4)5)14-18(2)23(17)26(30)35(31)28(11-9-10-12-28)25(29)24-21(33-7)15-20(32-6)16-22(24)34-8/h13-16H,9-12H2,1-8H3/q+1. The molecule has 1 atom stereocenters. The summed E-state index contributed by atoms with van der Waals surface area (Å²) in [5, 5.41) is -1.30. The molecule has 0 N–H and O–H groups in total. The zero-order chi connectivity index (χ0) is 26.1. The molecule has 2 aromatic carbocycles. The smallest absolute Gasteiger partial charge is 0.434 e. The third kappa shape index (κ3) is 4.86. The summed E-state index contributed by atoms with van der Waals surface area (Å²) >= 11 is 0. The van der Waals surface area contributed by atoms with Crippen molar-refractivity contribution in [2.45, 2.75) is 70.9 Å². The van der Waals surface area contributed by atoms with Gasteiger partial charge in [0.2, 0.25) is 10.9 Å². The third-order valence-electron chi connectivity index (χ3n) is 6.98. The average molecular weight is 500 g/mol. The zero-order valence-electron chi connectivity index (χ0n) is 22.0. The number of ether oxygens (including phenoxy) is 3. The van der Waals surface area contributed by atoms with Gasteiger partial charge in [-0.25, -0.2) is 4.79 Å². The average Bonchev–Trinajstić information content (AvgIpc) is 3.32. The Morgan fingerprint density at radius 3 is 1.71 bits per heavy atom. The van der Waals surface area contributed by atoms with Crippen LogP contribution in [0.5, 0.6) is 17.2 Å². The first-order valence-electron chi connectivity index (χ1n) is 11.9. The van der Waals surface area contributed by atoms with Crippen molar-refractivity contribution in [3.63, 3.8) is 0 Å². The number of carbonyl (C=O) groups is 2. The molecule has 1 aliphatic carbocycles. The second-order valence-corrected chi connectivity index (χ2v) is 12.2. The van der Waals surface area contributed by atoms with Crippen LogP contribution >= 0.6 is 7.80 Å². The van der Waals surface area contributed by atoms with E-state index in [2.05, 4.69) is 20.8 Å². The van der Waals surface area contributed by atoms with Crippen LogP contribution in [0, 0.1) is 13.8 Å². The van der Waals surface area contributed by atoms with Crippen LogP contribution in [0.25, 0.3) is 0 Å². The molecule has 1 fully saturated rings. The summed E-state index contributed by atoms with van der Waals surface area (Å²) < 4.78 is 30.4. The van der Waals surface area contributed by atoms with Gasteiger partial charge in [0, 0.05) is 25.0 Å². The molecule has 0 saturated heterocycles. The van der Waals surface area contributed by atoms with E-state index in [0.29, 0.717) is 24.2 Å². The summed E-state index contributed by atoms with van der Waals surface area (Å²) in [6, 6.07) is 7.18. The highest BCUT2D eigenvalue weighted by Crippen LogP contribution is 2.56. The molecule has 0 aromatic heterocycles. The maximum absolute atomic E-state index is 14.1. The highest BCUT2D eigenvalue weighted by Gasteiger charge is 2.62. The van der Waals surface area contributed by atoms with E-state index in [0.717, 1.165) is 29.5 Å². The first kappa shape index (κ1) is 26.9. The van der Waals surface area contributed by atoms with Gasteiger partial charge in [0.15, 0.2) is 0 Å². The van der Waals surface area contributed by atoms with Crippen LogP contribution in [-0.4, -0.2) is 37.8 Å². The van der Waals surface area contributed by atoms with Gasteiger partial charge in [-0.2, -0.15) is 0 Å². The SMILES string of the molecule is COc1cc(OC)c(C(=O)C2([P+](=O)C(=O)c3c(C)cc(C(C)(C)C)cc3C)CCCC2)c(OC)c1. The summed E-state index contributed by atoms with van der Waals surface area (Å²) in [6.07, 6.45) is 2.20. The third-order valence-corrected chi connectivity index (χ3v) is 9.00. The van der Waals surface area contributed by atoms with Crippen molar-refractivity contribution in [1.82, 2.24) is 0 Å². The summed E-state index contributed by atoms with van der Waals surface area (Å²) in [6.45, 7) is 10.1. The maximum atomic E-state index is 14.1. The lowest BCUT2D eigenvalue weighted by molar-refractivity contribution is 0.0925. The number of hydrogen-bond donors (Lipinski definition) is 0. The second-order valence-electron chi connectivity index (χ2n) is 10.3. The molecule has 0 heterocycles. The Labute approximate surface area is 209 Å². The number of methoxy groups -OCH3 is 3. The number of aryl methyl sites for hydroxylation is 2. The molecule has 6 nitrogen and oxygen atoms in total. The van der Waals surface area contributed by atoms with Crippen LogP contribution in [0.3, 0.4) is 0 Å². The second kappa shape index (κ2) is 10.1. The fourth-order valence-electron chi connectivity index (χ4n) is 4.97. The lowest BCUT2D eigenvalue weighted by Gasteiger charge is -2.22. The van der Waals surface area contributed by atoms with Crippen molar-refractivity contribution in [2.75, 3.05) is 21.3 Å². The van der Waals surface area contributed by atoms with E-state index in [9.17, 15) is 14.2 Å². The van der Waals surface area contributed by atoms with Crippen LogP contribution in [-0.2, 0) is 9.98 Å². The van der Waals surface area contributed by atoms with Crippen molar-refractivity contribution >= 4 is 19.1 Å². The van der Waals surface area contributed by atoms with Gasteiger partial charge in [0.05, 0.1) is 26.9 Å². The fraction of sp³-hybridized carbons (Fsp3) is 0.500. The minimum absolute atomic E-state index is 0.0799. The molecule has 0 radical (unpaired) electrons. The summed E-state index contributed by atoms with van der Waals surface area (Å²) in [4.78, 5) is 27.9. The molecule has 1 unspecified atom stereocenters. The summed E-state index contributed by atoms with van der Waals surface area (Å²) in [5.74, 6) is 0.647. The molecule has 1 saturated carbocycles. The van der Waals surface area contributed by atoms with E-state index >= 15 is 0 Å². The van der Waals surface area contributed by atoms with Gasteiger partial charge in [-0.05, 0) is 48.8 Å². The summed E-state index contributed by atoms with van der Waals surface area (Å²) in [7, 11) is 1.87. The van der Waals surface area contributed by atoms with E-state index in [1.807, 2.05) is 26.0 Å². The molecule has 2 aromatic rings. The van der Waals surface area contributed by atoms with E-state index in [1.165, 1.54) is 21.3 Å². The molecule has 7 heteroatoms. The van der Waals surface area contributed by atoms with Crippen LogP contribution in [0.15, 0.2) is 24.3 Å². The van der Waals surface area contributed by atoms with E-state index in [1.54, 1.807) is 12.1 Å². The Bertz CT molecular complexity index is 1120. The molecular formula is C28H36O6P+. The lowest BCUT2D eigenvalue weighted by Crippen LogP contribution is -2.34. The molecule has 0 spiro atoms. The van der Waals surface area contributed by atoms with Crippen LogP contribution < -0.4 is 14.2 Å². The largest absolute Gasteiger partial charge is 0.496 e. The molecule has 1 aliphatic rings. The molecule has 35 heavy (non-hydrogen) atoms. The first-order chi connectivity index (χ1) is 16.4. The quantitative estimate of drug-likeness (QED) is 0.294.